The molecule has 1 fully saturated rings. The molecule has 1 amide bonds. The lowest BCUT2D eigenvalue weighted by Gasteiger charge is -2.26. The predicted octanol–water partition coefficient (Wildman–Crippen LogP) is 0.161. The highest BCUT2D eigenvalue weighted by atomic mass is 16.3. The summed E-state index contributed by atoms with van der Waals surface area (Å²) in [5.41, 5.74) is 0.675. The molecule has 0 aromatic carbocycles. The quantitative estimate of drug-likeness (QED) is 0.434. The summed E-state index contributed by atoms with van der Waals surface area (Å²) in [6, 6.07) is 5.97. The third-order valence-electron chi connectivity index (χ3n) is 4.55. The SMILES string of the molecule is C[NH+](C)CCCN1C(=O)C(=O)C(C(=O)c2ccco2)C1c1cccnc1. The van der Waals surface area contributed by atoms with E-state index in [1.807, 2.05) is 14.1 Å². The molecule has 7 heteroatoms. The van der Waals surface area contributed by atoms with Gasteiger partial charge >= 0.3 is 0 Å². The van der Waals surface area contributed by atoms with Crippen LogP contribution < -0.4 is 4.90 Å². The van der Waals surface area contributed by atoms with Gasteiger partial charge in [-0.2, -0.15) is 0 Å². The van der Waals surface area contributed by atoms with Gasteiger partial charge in [0.15, 0.2) is 5.76 Å². The molecule has 2 aromatic heterocycles. The molecular weight excluding hydrogens is 334 g/mol. The first-order chi connectivity index (χ1) is 12.5. The minimum atomic E-state index is -1.11. The Morgan fingerprint density at radius 1 is 1.27 bits per heavy atom. The van der Waals surface area contributed by atoms with Crippen molar-refractivity contribution in [2.75, 3.05) is 27.2 Å². The number of quaternary nitrogens is 1. The van der Waals surface area contributed by atoms with E-state index in [0.29, 0.717) is 12.1 Å². The lowest BCUT2D eigenvalue weighted by Crippen LogP contribution is -3.05. The summed E-state index contributed by atoms with van der Waals surface area (Å²) >= 11 is 0. The van der Waals surface area contributed by atoms with Gasteiger partial charge in [-0.15, -0.1) is 0 Å². The van der Waals surface area contributed by atoms with E-state index in [9.17, 15) is 14.4 Å². The van der Waals surface area contributed by atoms with E-state index in [2.05, 4.69) is 4.98 Å². The Labute approximate surface area is 151 Å². The van der Waals surface area contributed by atoms with E-state index in [4.69, 9.17) is 4.42 Å². The molecule has 3 heterocycles. The van der Waals surface area contributed by atoms with Crippen LogP contribution in [0.3, 0.4) is 0 Å². The first-order valence-corrected chi connectivity index (χ1v) is 8.62. The van der Waals surface area contributed by atoms with Gasteiger partial charge in [-0.05, 0) is 23.8 Å². The van der Waals surface area contributed by atoms with Gasteiger partial charge in [0, 0.05) is 25.4 Å². The van der Waals surface area contributed by atoms with E-state index >= 15 is 0 Å². The maximum atomic E-state index is 12.9. The molecule has 1 aliphatic heterocycles. The van der Waals surface area contributed by atoms with Gasteiger partial charge in [0.05, 0.1) is 32.9 Å². The number of hydrogen-bond acceptors (Lipinski definition) is 5. The number of hydrogen-bond donors (Lipinski definition) is 1. The molecule has 0 spiro atoms. The van der Waals surface area contributed by atoms with Crippen LogP contribution in [-0.4, -0.2) is 54.5 Å². The fourth-order valence-electron chi connectivity index (χ4n) is 3.33. The van der Waals surface area contributed by atoms with Gasteiger partial charge < -0.3 is 14.2 Å². The maximum absolute atomic E-state index is 12.9. The molecule has 2 atom stereocenters. The molecule has 1 N–H and O–H groups in total. The number of Topliss-reactive ketones (excluding diaryl/α,β-unsaturated/α-hetero) is 2. The zero-order chi connectivity index (χ0) is 18.7. The number of ketones is 2. The van der Waals surface area contributed by atoms with E-state index in [1.54, 1.807) is 30.6 Å². The van der Waals surface area contributed by atoms with Crippen LogP contribution in [0, 0.1) is 5.92 Å². The number of nitrogens with one attached hydrogen (secondary N) is 1. The summed E-state index contributed by atoms with van der Waals surface area (Å²) in [6.07, 6.45) is 5.33. The maximum Gasteiger partial charge on any atom is 0.291 e. The van der Waals surface area contributed by atoms with Crippen molar-refractivity contribution in [1.82, 2.24) is 9.88 Å². The van der Waals surface area contributed by atoms with Crippen molar-refractivity contribution < 1.29 is 23.7 Å². The molecular formula is C19H22N3O4+. The number of likely N-dealkylation sites (tertiary alicyclic amines) is 1. The fourth-order valence-corrected chi connectivity index (χ4v) is 3.33. The number of carbonyl (C=O) groups is 3. The zero-order valence-electron chi connectivity index (χ0n) is 14.8. The molecule has 0 aliphatic carbocycles. The summed E-state index contributed by atoms with van der Waals surface area (Å²) in [5.74, 6) is -2.79. The van der Waals surface area contributed by atoms with Crippen molar-refractivity contribution in [3.05, 3.63) is 54.2 Å². The van der Waals surface area contributed by atoms with E-state index in [-0.39, 0.29) is 5.76 Å². The van der Waals surface area contributed by atoms with Crippen LogP contribution in [0.4, 0.5) is 0 Å². The highest BCUT2D eigenvalue weighted by Crippen LogP contribution is 2.37. The van der Waals surface area contributed by atoms with Crippen molar-refractivity contribution in [3.63, 3.8) is 0 Å². The molecule has 1 saturated heterocycles. The lowest BCUT2D eigenvalue weighted by molar-refractivity contribution is -0.858. The second kappa shape index (κ2) is 7.61. The number of amides is 1. The highest BCUT2D eigenvalue weighted by Gasteiger charge is 2.52. The number of pyridine rings is 1. The van der Waals surface area contributed by atoms with Gasteiger partial charge in [0.2, 0.25) is 11.6 Å². The molecule has 2 aromatic rings. The van der Waals surface area contributed by atoms with Crippen LogP contribution in [0.5, 0.6) is 0 Å². The van der Waals surface area contributed by atoms with E-state index in [0.717, 1.165) is 13.0 Å². The Kier molecular flexibility index (Phi) is 5.27. The average Bonchev–Trinajstić information content (AvgIpc) is 3.24. The van der Waals surface area contributed by atoms with Crippen molar-refractivity contribution in [2.45, 2.75) is 12.5 Å². The lowest BCUT2D eigenvalue weighted by atomic mass is 9.89. The topological polar surface area (TPSA) is 84.9 Å². The van der Waals surface area contributed by atoms with Crippen LogP contribution in [0.25, 0.3) is 0 Å². The summed E-state index contributed by atoms with van der Waals surface area (Å²) in [6.45, 7) is 1.27. The van der Waals surface area contributed by atoms with Crippen LogP contribution in [0.15, 0.2) is 47.3 Å². The molecule has 26 heavy (non-hydrogen) atoms. The summed E-state index contributed by atoms with van der Waals surface area (Å²) in [5, 5.41) is 0. The smallest absolute Gasteiger partial charge is 0.291 e. The standard InChI is InChI=1S/C19H21N3O4/c1-21(2)9-5-10-22-16(13-6-3-8-20-12-13)15(18(24)19(22)25)17(23)14-7-4-11-26-14/h3-4,6-8,11-12,15-16H,5,9-10H2,1-2H3/p+1. The summed E-state index contributed by atoms with van der Waals surface area (Å²) in [7, 11) is 4.05. The molecule has 0 saturated carbocycles. The van der Waals surface area contributed by atoms with Crippen LogP contribution >= 0.6 is 0 Å². The second-order valence-corrected chi connectivity index (χ2v) is 6.72. The van der Waals surface area contributed by atoms with Gasteiger partial charge in [-0.3, -0.25) is 19.4 Å². The number of aromatic nitrogens is 1. The molecule has 7 nitrogen and oxygen atoms in total. The van der Waals surface area contributed by atoms with E-state index in [1.165, 1.54) is 22.1 Å². The predicted molar refractivity (Wildman–Crippen MR) is 92.5 cm³/mol. The van der Waals surface area contributed by atoms with Crippen LogP contribution in [-0.2, 0) is 9.59 Å². The van der Waals surface area contributed by atoms with Crippen LogP contribution in [0.2, 0.25) is 0 Å². The number of rotatable bonds is 7. The Hall–Kier alpha value is -2.80. The summed E-state index contributed by atoms with van der Waals surface area (Å²) in [4.78, 5) is 45.0. The fraction of sp³-hybridized carbons (Fsp3) is 0.368. The Morgan fingerprint density at radius 2 is 2.08 bits per heavy atom. The number of furan rings is 1. The third kappa shape index (κ3) is 3.43. The van der Waals surface area contributed by atoms with Gasteiger partial charge in [-0.1, -0.05) is 6.07 Å². The molecule has 0 radical (unpaired) electrons. The minimum absolute atomic E-state index is 0.0876. The first kappa shape index (κ1) is 18.0. The largest absolute Gasteiger partial charge is 0.461 e. The Morgan fingerprint density at radius 3 is 2.69 bits per heavy atom. The molecule has 136 valence electrons. The number of nitrogens with zero attached hydrogens (tertiary/aromatic N) is 2. The van der Waals surface area contributed by atoms with Crippen molar-refractivity contribution in [3.8, 4) is 0 Å². The Bertz CT molecular complexity index is 786. The van der Waals surface area contributed by atoms with Crippen molar-refractivity contribution in [1.29, 1.82) is 0 Å². The second-order valence-electron chi connectivity index (χ2n) is 6.72. The number of carbonyl (C=O) groups excluding carboxylic acids is 3. The van der Waals surface area contributed by atoms with Crippen molar-refractivity contribution in [2.24, 2.45) is 5.92 Å². The Balaban J connectivity index is 1.95. The van der Waals surface area contributed by atoms with Gasteiger partial charge in [0.1, 0.15) is 5.92 Å². The van der Waals surface area contributed by atoms with Gasteiger partial charge in [-0.25, -0.2) is 0 Å². The summed E-state index contributed by atoms with van der Waals surface area (Å²) < 4.78 is 5.17. The normalized spacial score (nSPS) is 20.2. The average molecular weight is 356 g/mol. The highest BCUT2D eigenvalue weighted by molar-refractivity contribution is 6.43. The van der Waals surface area contributed by atoms with Crippen molar-refractivity contribution >= 4 is 17.5 Å². The molecule has 1 aliphatic rings. The molecule has 0 bridgehead atoms. The third-order valence-corrected chi connectivity index (χ3v) is 4.55. The monoisotopic (exact) mass is 356 g/mol. The zero-order valence-corrected chi connectivity index (χ0v) is 14.8. The minimum Gasteiger partial charge on any atom is -0.461 e. The van der Waals surface area contributed by atoms with E-state index < -0.39 is 29.4 Å². The molecule has 3 rings (SSSR count). The molecule has 2 unspecified atom stereocenters. The van der Waals surface area contributed by atoms with Crippen LogP contribution in [0.1, 0.15) is 28.6 Å². The first-order valence-electron chi connectivity index (χ1n) is 8.62. The van der Waals surface area contributed by atoms with Gasteiger partial charge in [0.25, 0.3) is 5.91 Å².